The van der Waals surface area contributed by atoms with Crippen LogP contribution in [0.4, 0.5) is 70.2 Å². The molecule has 18 heteroatoms. The molecule has 0 fully saturated rings. The fourth-order valence-electron chi connectivity index (χ4n) is 1.73. The number of hydrogen-bond donors (Lipinski definition) is 0. The third-order valence-corrected chi connectivity index (χ3v) is 3.04. The Kier molecular flexibility index (Phi) is 5.34. The van der Waals surface area contributed by atoms with Gasteiger partial charge in [0.05, 0.1) is 0 Å². The Labute approximate surface area is 141 Å². The lowest BCUT2D eigenvalue weighted by Crippen LogP contribution is -2.54. The van der Waals surface area contributed by atoms with Gasteiger partial charge in [-0.15, -0.1) is 0 Å². The smallest absolute Gasteiger partial charge is 0.216 e. The van der Waals surface area contributed by atoms with Gasteiger partial charge in [0.2, 0.25) is 0 Å². The van der Waals surface area contributed by atoms with Crippen LogP contribution in [-0.4, -0.2) is 34.7 Å². The van der Waals surface area contributed by atoms with Crippen LogP contribution < -0.4 is 0 Å². The molecule has 0 unspecified atom stereocenters. The largest absolute Gasteiger partial charge is 0.437 e. The maximum absolute atomic E-state index is 13.8. The van der Waals surface area contributed by atoms with Crippen LogP contribution in [0.2, 0.25) is 0 Å². The van der Waals surface area contributed by atoms with E-state index in [4.69, 9.17) is 0 Å². The summed E-state index contributed by atoms with van der Waals surface area (Å²) in [6.45, 7) is 0. The fourth-order valence-corrected chi connectivity index (χ4v) is 1.73. The Morgan fingerprint density at radius 1 is 0.429 bits per heavy atom. The van der Waals surface area contributed by atoms with E-state index in [-0.39, 0.29) is 0 Å². The van der Waals surface area contributed by atoms with Crippen molar-refractivity contribution in [3.05, 3.63) is 23.3 Å². The maximum Gasteiger partial charge on any atom is 0.437 e. The van der Waals surface area contributed by atoms with E-state index in [1.54, 1.807) is 0 Å². The molecule has 0 saturated heterocycles. The molecule has 0 aliphatic carbocycles. The highest BCUT2D eigenvalue weighted by molar-refractivity contribution is 5.29. The van der Waals surface area contributed by atoms with Crippen molar-refractivity contribution in [3.8, 4) is 0 Å². The van der Waals surface area contributed by atoms with Gasteiger partial charge >= 0.3 is 42.1 Å². The minimum absolute atomic E-state index is 1.35. The van der Waals surface area contributed by atoms with Gasteiger partial charge in [0.25, 0.3) is 0 Å². The summed E-state index contributed by atoms with van der Waals surface area (Å²) in [5.74, 6) is -4.10. The second-order valence-corrected chi connectivity index (χ2v) is 4.81. The van der Waals surface area contributed by atoms with Gasteiger partial charge < -0.3 is 0 Å². The average molecular weight is 452 g/mol. The molecule has 0 aliphatic rings. The van der Waals surface area contributed by atoms with Crippen molar-refractivity contribution in [2.45, 2.75) is 36.0 Å². The van der Waals surface area contributed by atoms with Gasteiger partial charge in [0.1, 0.15) is 11.4 Å². The first-order chi connectivity index (χ1) is 12.0. The molecule has 0 radical (unpaired) electrons. The van der Waals surface area contributed by atoms with Crippen molar-refractivity contribution in [2.75, 3.05) is 0 Å². The molecule has 162 valence electrons. The average Bonchev–Trinajstić information content (AvgIpc) is 2.42. The summed E-state index contributed by atoms with van der Waals surface area (Å²) in [6.07, 6.45) is -32.6. The zero-order chi connectivity index (χ0) is 22.7. The van der Waals surface area contributed by atoms with E-state index >= 15 is 0 Å². The van der Waals surface area contributed by atoms with Gasteiger partial charge in [-0.25, -0.2) is 13.2 Å². The molecule has 0 saturated carbocycles. The minimum atomic E-state index is -7.32. The van der Waals surface area contributed by atoms with Crippen LogP contribution in [0, 0.1) is 11.9 Å². The summed E-state index contributed by atoms with van der Waals surface area (Å²) >= 11 is 0. The number of hydrogen-bond acceptors (Lipinski definition) is 2. The van der Waals surface area contributed by atoms with Gasteiger partial charge in [-0.2, -0.15) is 67.0 Å². The normalized spacial score (nSPS) is 15.1. The molecule has 0 bridgehead atoms. The van der Waals surface area contributed by atoms with Crippen LogP contribution in [0.1, 0.15) is 11.4 Å². The van der Waals surface area contributed by atoms with Crippen LogP contribution in [0.25, 0.3) is 0 Å². The number of halogens is 16. The minimum Gasteiger partial charge on any atom is -0.216 e. The second-order valence-electron chi connectivity index (χ2n) is 4.81. The van der Waals surface area contributed by atoms with E-state index in [0.717, 1.165) is 0 Å². The SMILES string of the molecule is Fc1nc(C(F)(C(F)(F)F)C(F)(F)F)c(F)c(C(F)(C(F)(F)F)C(F)(F)F)n1. The zero-order valence-corrected chi connectivity index (χ0v) is 11.9. The number of rotatable bonds is 2. The van der Waals surface area contributed by atoms with Crippen molar-refractivity contribution in [1.29, 1.82) is 0 Å². The Morgan fingerprint density at radius 3 is 0.821 bits per heavy atom. The summed E-state index contributed by atoms with van der Waals surface area (Å²) < 4.78 is 204. The van der Waals surface area contributed by atoms with Crippen molar-refractivity contribution >= 4 is 0 Å². The van der Waals surface area contributed by atoms with Crippen LogP contribution in [0.15, 0.2) is 0 Å². The van der Waals surface area contributed by atoms with Gasteiger partial charge in [-0.3, -0.25) is 0 Å². The second kappa shape index (κ2) is 6.23. The molecular weight excluding hydrogens is 452 g/mol. The molecule has 1 heterocycles. The molecule has 1 aromatic rings. The highest BCUT2D eigenvalue weighted by atomic mass is 19.4. The molecule has 0 spiro atoms. The number of alkyl halides is 14. The van der Waals surface area contributed by atoms with Gasteiger partial charge in [0, 0.05) is 0 Å². The Hall–Kier alpha value is -2.04. The third-order valence-electron chi connectivity index (χ3n) is 3.04. The van der Waals surface area contributed by atoms with Gasteiger partial charge in [-0.05, 0) is 0 Å². The summed E-state index contributed by atoms with van der Waals surface area (Å²) in [4.78, 5) is 2.69. The first kappa shape index (κ1) is 24.0. The summed E-state index contributed by atoms with van der Waals surface area (Å²) in [5.41, 5.74) is -22.2. The Morgan fingerprint density at radius 2 is 0.643 bits per heavy atom. The van der Waals surface area contributed by atoms with Crippen LogP contribution >= 0.6 is 0 Å². The molecular formula is C10F16N2. The lowest BCUT2D eigenvalue weighted by Gasteiger charge is -2.32. The fraction of sp³-hybridized carbons (Fsp3) is 0.600. The highest BCUT2D eigenvalue weighted by Crippen LogP contribution is 2.57. The molecule has 0 aliphatic heterocycles. The highest BCUT2D eigenvalue weighted by Gasteiger charge is 2.79. The predicted octanol–water partition coefficient (Wildman–Crippen LogP) is 5.33. The summed E-state index contributed by atoms with van der Waals surface area (Å²) in [5, 5.41) is 0. The molecule has 0 N–H and O–H groups in total. The molecule has 2 nitrogen and oxygen atoms in total. The molecule has 1 aromatic heterocycles. The molecule has 1 rings (SSSR count). The molecule has 28 heavy (non-hydrogen) atoms. The van der Waals surface area contributed by atoms with Crippen LogP contribution in [0.3, 0.4) is 0 Å². The third kappa shape index (κ3) is 3.29. The zero-order valence-electron chi connectivity index (χ0n) is 11.9. The predicted molar refractivity (Wildman–Crippen MR) is 51.7 cm³/mol. The number of aromatic nitrogens is 2. The van der Waals surface area contributed by atoms with E-state index in [2.05, 4.69) is 0 Å². The molecule has 0 atom stereocenters. The summed E-state index contributed by atoms with van der Waals surface area (Å²) in [6, 6.07) is 0. The van der Waals surface area contributed by atoms with E-state index in [1.165, 1.54) is 9.97 Å². The summed E-state index contributed by atoms with van der Waals surface area (Å²) in [7, 11) is 0. The van der Waals surface area contributed by atoms with Gasteiger partial charge in [0.15, 0.2) is 5.82 Å². The number of nitrogens with zero attached hydrogens (tertiary/aromatic N) is 2. The Bertz CT molecular complexity index is 651. The lowest BCUT2D eigenvalue weighted by molar-refractivity contribution is -0.353. The lowest BCUT2D eigenvalue weighted by atomic mass is 9.93. The van der Waals surface area contributed by atoms with Crippen molar-refractivity contribution in [1.82, 2.24) is 9.97 Å². The van der Waals surface area contributed by atoms with E-state index in [9.17, 15) is 70.2 Å². The molecule has 0 aromatic carbocycles. The van der Waals surface area contributed by atoms with Crippen molar-refractivity contribution < 1.29 is 70.2 Å². The van der Waals surface area contributed by atoms with Crippen molar-refractivity contribution in [3.63, 3.8) is 0 Å². The first-order valence-corrected chi connectivity index (χ1v) is 5.92. The first-order valence-electron chi connectivity index (χ1n) is 5.92. The maximum atomic E-state index is 13.8. The quantitative estimate of drug-likeness (QED) is 0.448. The van der Waals surface area contributed by atoms with E-state index in [0.29, 0.717) is 0 Å². The topological polar surface area (TPSA) is 25.8 Å². The molecule has 0 amide bonds. The van der Waals surface area contributed by atoms with E-state index < -0.39 is 59.3 Å². The standard InChI is InChI=1S/C10F16N2/c11-1-2(5(13,7(15,16)17)8(18,19)20)27-4(12)28-3(1)6(14,9(21,22)23)10(24,25)26. The van der Waals surface area contributed by atoms with Crippen LogP contribution in [-0.2, 0) is 11.3 Å². The van der Waals surface area contributed by atoms with Crippen LogP contribution in [0.5, 0.6) is 0 Å². The van der Waals surface area contributed by atoms with Crippen molar-refractivity contribution in [2.24, 2.45) is 0 Å². The van der Waals surface area contributed by atoms with Gasteiger partial charge in [-0.1, -0.05) is 0 Å². The monoisotopic (exact) mass is 452 g/mol. The van der Waals surface area contributed by atoms with E-state index in [1.807, 2.05) is 0 Å². The Balaban J connectivity index is 4.12.